The van der Waals surface area contributed by atoms with Crippen molar-refractivity contribution in [3.63, 3.8) is 0 Å². The van der Waals surface area contributed by atoms with Gasteiger partial charge in [0.25, 0.3) is 5.52 Å². The van der Waals surface area contributed by atoms with E-state index in [1.807, 2.05) is 42.1 Å². The van der Waals surface area contributed by atoms with Crippen molar-refractivity contribution in [2.75, 3.05) is 32.3 Å². The van der Waals surface area contributed by atoms with Gasteiger partial charge in [0.2, 0.25) is 0 Å². The number of rotatable bonds is 10. The zero-order valence-corrected chi connectivity index (χ0v) is 28.3. The highest BCUT2D eigenvalue weighted by Crippen LogP contribution is 2.47. The summed E-state index contributed by atoms with van der Waals surface area (Å²) in [6.45, 7) is 10.8. The zero-order valence-electron chi connectivity index (χ0n) is 27.5. The number of pyridine rings is 1. The summed E-state index contributed by atoms with van der Waals surface area (Å²) >= 11 is 1.84. The molecule has 0 atom stereocenters. The lowest BCUT2D eigenvalue weighted by Gasteiger charge is -2.18. The molecule has 0 saturated carbocycles. The SMILES string of the molecule is CCN1C(=CC=C(C)C=Cc2cc[n+](CCOc3cccc4ccccc34)c3c(OC)cc(OC)cc23)Sc2cc(C)c(C)cc21. The minimum absolute atomic E-state index is 0.518. The Kier molecular flexibility index (Phi) is 9.36. The molecule has 6 rings (SSSR count). The van der Waals surface area contributed by atoms with Gasteiger partial charge in [-0.25, -0.2) is 0 Å². The number of anilines is 1. The first kappa shape index (κ1) is 31.3. The van der Waals surface area contributed by atoms with E-state index in [-0.39, 0.29) is 0 Å². The van der Waals surface area contributed by atoms with E-state index in [0.717, 1.165) is 51.2 Å². The van der Waals surface area contributed by atoms with Gasteiger partial charge in [0, 0.05) is 29.0 Å². The van der Waals surface area contributed by atoms with Gasteiger partial charge in [0.05, 0.1) is 30.3 Å². The summed E-state index contributed by atoms with van der Waals surface area (Å²) in [6.07, 6.45) is 10.9. The minimum Gasteiger partial charge on any atom is -0.497 e. The fourth-order valence-electron chi connectivity index (χ4n) is 5.90. The molecule has 0 fully saturated rings. The van der Waals surface area contributed by atoms with Crippen molar-refractivity contribution in [3.05, 3.63) is 125 Å². The molecule has 234 valence electrons. The molecule has 2 heterocycles. The second kappa shape index (κ2) is 13.8. The minimum atomic E-state index is 0.518. The number of nitrogens with zero attached hydrogens (tertiary/aromatic N) is 2. The summed E-state index contributed by atoms with van der Waals surface area (Å²) in [5, 5.41) is 4.59. The molecule has 1 aromatic heterocycles. The fraction of sp³-hybridized carbons (Fsp3) is 0.225. The molecular formula is C40H41N2O3S+. The number of allylic oxidation sites excluding steroid dienone is 4. The van der Waals surface area contributed by atoms with Gasteiger partial charge in [0.15, 0.2) is 18.5 Å². The van der Waals surface area contributed by atoms with Crippen LogP contribution in [0.4, 0.5) is 5.69 Å². The number of aryl methyl sites for hydroxylation is 2. The molecule has 6 heteroatoms. The smallest absolute Gasteiger partial charge is 0.255 e. The molecule has 0 aliphatic carbocycles. The molecule has 0 amide bonds. The van der Waals surface area contributed by atoms with Crippen LogP contribution in [0, 0.1) is 13.8 Å². The van der Waals surface area contributed by atoms with Crippen LogP contribution < -0.4 is 23.7 Å². The topological polar surface area (TPSA) is 34.8 Å². The van der Waals surface area contributed by atoms with Crippen LogP contribution in [-0.4, -0.2) is 27.4 Å². The third-order valence-electron chi connectivity index (χ3n) is 8.55. The van der Waals surface area contributed by atoms with Crippen LogP contribution in [0.1, 0.15) is 30.5 Å². The maximum atomic E-state index is 6.30. The molecule has 0 radical (unpaired) electrons. The molecule has 0 unspecified atom stereocenters. The highest BCUT2D eigenvalue weighted by molar-refractivity contribution is 8.03. The maximum absolute atomic E-state index is 6.30. The average Bonchev–Trinajstić information content (AvgIpc) is 3.42. The van der Waals surface area contributed by atoms with Crippen LogP contribution in [0.25, 0.3) is 27.8 Å². The third-order valence-corrected chi connectivity index (χ3v) is 9.67. The first-order valence-corrected chi connectivity index (χ1v) is 16.5. The van der Waals surface area contributed by atoms with Crippen LogP contribution in [0.3, 0.4) is 0 Å². The molecule has 1 aliphatic rings. The first-order chi connectivity index (χ1) is 22.4. The summed E-state index contributed by atoms with van der Waals surface area (Å²) in [4.78, 5) is 3.72. The van der Waals surface area contributed by atoms with Crippen molar-refractivity contribution in [2.24, 2.45) is 0 Å². The first-order valence-electron chi connectivity index (χ1n) is 15.7. The summed E-state index contributed by atoms with van der Waals surface area (Å²) in [6, 6.07) is 25.3. The molecule has 0 saturated heterocycles. The van der Waals surface area contributed by atoms with E-state index in [0.29, 0.717) is 13.2 Å². The zero-order chi connectivity index (χ0) is 32.2. The molecule has 0 bridgehead atoms. The monoisotopic (exact) mass is 629 g/mol. The van der Waals surface area contributed by atoms with Gasteiger partial charge in [-0.3, -0.25) is 0 Å². The van der Waals surface area contributed by atoms with Gasteiger partial charge >= 0.3 is 0 Å². The number of hydrogen-bond acceptors (Lipinski definition) is 5. The van der Waals surface area contributed by atoms with Gasteiger partial charge in [0.1, 0.15) is 18.1 Å². The van der Waals surface area contributed by atoms with Gasteiger partial charge < -0.3 is 19.1 Å². The van der Waals surface area contributed by atoms with E-state index < -0.39 is 0 Å². The summed E-state index contributed by atoms with van der Waals surface area (Å²) in [5.41, 5.74) is 7.21. The Bertz CT molecular complexity index is 2000. The second-order valence-corrected chi connectivity index (χ2v) is 12.6. The van der Waals surface area contributed by atoms with Crippen molar-refractivity contribution in [2.45, 2.75) is 39.1 Å². The van der Waals surface area contributed by atoms with Gasteiger partial charge in [-0.05, 0) is 80.1 Å². The van der Waals surface area contributed by atoms with Crippen molar-refractivity contribution in [1.29, 1.82) is 0 Å². The van der Waals surface area contributed by atoms with E-state index in [1.165, 1.54) is 32.1 Å². The van der Waals surface area contributed by atoms with E-state index >= 15 is 0 Å². The Hall–Kier alpha value is -4.68. The second-order valence-electron chi connectivity index (χ2n) is 11.5. The predicted molar refractivity (Wildman–Crippen MR) is 192 cm³/mol. The van der Waals surface area contributed by atoms with Crippen LogP contribution in [0.5, 0.6) is 17.2 Å². The van der Waals surface area contributed by atoms with Crippen LogP contribution >= 0.6 is 11.8 Å². The molecule has 0 N–H and O–H groups in total. The Morgan fingerprint density at radius 3 is 2.50 bits per heavy atom. The normalized spacial score (nSPS) is 14.1. The van der Waals surface area contributed by atoms with Gasteiger partial charge in [-0.15, -0.1) is 0 Å². The highest BCUT2D eigenvalue weighted by Gasteiger charge is 2.24. The molecular weight excluding hydrogens is 589 g/mol. The van der Waals surface area contributed by atoms with Gasteiger partial charge in [-0.1, -0.05) is 72.0 Å². The van der Waals surface area contributed by atoms with E-state index in [2.05, 4.69) is 110 Å². The quantitative estimate of drug-likeness (QED) is 0.114. The molecule has 1 aliphatic heterocycles. The van der Waals surface area contributed by atoms with E-state index in [4.69, 9.17) is 14.2 Å². The van der Waals surface area contributed by atoms with Crippen LogP contribution in [-0.2, 0) is 6.54 Å². The molecule has 46 heavy (non-hydrogen) atoms. The largest absolute Gasteiger partial charge is 0.497 e. The Balaban J connectivity index is 1.26. The maximum Gasteiger partial charge on any atom is 0.255 e. The summed E-state index contributed by atoms with van der Waals surface area (Å²) < 4.78 is 20.0. The molecule has 0 spiro atoms. The molecule has 5 aromatic rings. The number of thioether (sulfide) groups is 1. The van der Waals surface area contributed by atoms with Crippen molar-refractivity contribution in [3.8, 4) is 17.2 Å². The predicted octanol–water partition coefficient (Wildman–Crippen LogP) is 9.43. The molecule has 4 aromatic carbocycles. The third kappa shape index (κ3) is 6.35. The summed E-state index contributed by atoms with van der Waals surface area (Å²) in [7, 11) is 3.39. The fourth-order valence-corrected chi connectivity index (χ4v) is 7.11. The van der Waals surface area contributed by atoms with Crippen molar-refractivity contribution >= 4 is 45.2 Å². The number of fused-ring (bicyclic) bond motifs is 3. The number of methoxy groups -OCH3 is 2. The number of ether oxygens (including phenoxy) is 3. The lowest BCUT2D eigenvalue weighted by atomic mass is 10.1. The Labute approximate surface area is 276 Å². The molecule has 5 nitrogen and oxygen atoms in total. The number of benzene rings is 4. The Morgan fingerprint density at radius 1 is 0.891 bits per heavy atom. The van der Waals surface area contributed by atoms with E-state index in [9.17, 15) is 0 Å². The number of hydrogen-bond donors (Lipinski definition) is 0. The lowest BCUT2D eigenvalue weighted by Crippen LogP contribution is -2.37. The van der Waals surface area contributed by atoms with Crippen LogP contribution in [0.15, 0.2) is 113 Å². The number of aromatic nitrogens is 1. The van der Waals surface area contributed by atoms with Crippen molar-refractivity contribution in [1.82, 2.24) is 0 Å². The summed E-state index contributed by atoms with van der Waals surface area (Å²) in [5.74, 6) is 2.40. The Morgan fingerprint density at radius 2 is 1.70 bits per heavy atom. The van der Waals surface area contributed by atoms with E-state index in [1.54, 1.807) is 14.2 Å². The highest BCUT2D eigenvalue weighted by atomic mass is 32.2. The van der Waals surface area contributed by atoms with Crippen molar-refractivity contribution < 1.29 is 18.8 Å². The average molecular weight is 630 g/mol. The van der Waals surface area contributed by atoms with Crippen LogP contribution in [0.2, 0.25) is 0 Å². The lowest BCUT2D eigenvalue weighted by molar-refractivity contribution is -0.672. The van der Waals surface area contributed by atoms with Gasteiger partial charge in [-0.2, -0.15) is 4.57 Å². The standard InChI is InChI=1S/C40H41N2O3S/c1-7-42-35-23-28(3)29(4)24-38(35)46-39(42)18-16-27(2)15-17-31-19-20-41(40-34(31)25-32(43-5)26-37(40)44-6)21-22-45-36-14-10-12-30-11-8-9-13-33(30)36/h8-20,23-26H,7,21-22H2,1-6H3/q+1.